The second-order valence-corrected chi connectivity index (χ2v) is 7.17. The van der Waals surface area contributed by atoms with Crippen molar-refractivity contribution < 1.29 is 4.21 Å². The zero-order valence-corrected chi connectivity index (χ0v) is 13.5. The van der Waals surface area contributed by atoms with Gasteiger partial charge in [0, 0.05) is 34.3 Å². The Kier molecular flexibility index (Phi) is 5.03. The van der Waals surface area contributed by atoms with Crippen LogP contribution in [0.4, 0.5) is 0 Å². The molecule has 0 aliphatic carbocycles. The maximum atomic E-state index is 12.2. The van der Waals surface area contributed by atoms with Crippen LogP contribution in [0.5, 0.6) is 0 Å². The van der Waals surface area contributed by atoms with E-state index in [0.717, 1.165) is 17.1 Å². The first-order valence-electron chi connectivity index (χ1n) is 6.92. The fourth-order valence-corrected chi connectivity index (χ4v) is 3.95. The number of nitrogens with zero attached hydrogens (tertiary/aromatic N) is 3. The molecule has 2 heterocycles. The van der Waals surface area contributed by atoms with Gasteiger partial charge in [-0.1, -0.05) is 30.3 Å². The normalized spacial score (nSPS) is 12.2. The van der Waals surface area contributed by atoms with E-state index in [2.05, 4.69) is 27.1 Å². The molecule has 112 valence electrons. The van der Waals surface area contributed by atoms with E-state index in [1.807, 2.05) is 23.6 Å². The zero-order chi connectivity index (χ0) is 15.2. The van der Waals surface area contributed by atoms with Gasteiger partial charge in [0.1, 0.15) is 0 Å². The van der Waals surface area contributed by atoms with E-state index in [1.165, 1.54) is 16.9 Å². The highest BCUT2D eigenvalue weighted by Crippen LogP contribution is 2.20. The maximum Gasteiger partial charge on any atom is 0.188 e. The summed E-state index contributed by atoms with van der Waals surface area (Å²) in [6.45, 7) is 0. The standard InChI is InChI=1S/C16H15N3OS2/c20-22(10-7-13-5-2-1-3-6-13)12-14-11-21-16(19-14)15-17-8-4-9-18-15/h1-6,8-9,11H,7,10,12H2/t22-/m1/s1. The number of benzene rings is 1. The van der Waals surface area contributed by atoms with Gasteiger partial charge in [-0.3, -0.25) is 4.21 Å². The first-order chi connectivity index (χ1) is 10.8. The van der Waals surface area contributed by atoms with Crippen LogP contribution in [0, 0.1) is 0 Å². The fraction of sp³-hybridized carbons (Fsp3) is 0.188. The van der Waals surface area contributed by atoms with E-state index in [9.17, 15) is 4.21 Å². The minimum Gasteiger partial charge on any atom is -0.259 e. The van der Waals surface area contributed by atoms with Crippen molar-refractivity contribution in [1.82, 2.24) is 15.0 Å². The van der Waals surface area contributed by atoms with Crippen molar-refractivity contribution >= 4 is 22.1 Å². The molecule has 0 saturated carbocycles. The van der Waals surface area contributed by atoms with E-state index >= 15 is 0 Å². The van der Waals surface area contributed by atoms with Crippen molar-refractivity contribution in [2.45, 2.75) is 12.2 Å². The second-order valence-electron chi connectivity index (χ2n) is 4.74. The summed E-state index contributed by atoms with van der Waals surface area (Å²) < 4.78 is 12.2. The molecule has 0 spiro atoms. The van der Waals surface area contributed by atoms with Gasteiger partial charge in [-0.2, -0.15) is 0 Å². The molecule has 0 aliphatic rings. The number of aromatic nitrogens is 3. The first kappa shape index (κ1) is 15.0. The Balaban J connectivity index is 1.57. The van der Waals surface area contributed by atoms with Gasteiger partial charge in [0.25, 0.3) is 0 Å². The largest absolute Gasteiger partial charge is 0.259 e. The summed E-state index contributed by atoms with van der Waals surface area (Å²) in [7, 11) is -0.911. The molecule has 4 nitrogen and oxygen atoms in total. The Bertz CT molecular complexity index is 744. The molecule has 0 aliphatic heterocycles. The average molecular weight is 329 g/mol. The quantitative estimate of drug-likeness (QED) is 0.697. The Morgan fingerprint density at radius 3 is 2.59 bits per heavy atom. The molecule has 1 atom stereocenters. The lowest BCUT2D eigenvalue weighted by atomic mass is 10.2. The van der Waals surface area contributed by atoms with Crippen LogP contribution in [0.3, 0.4) is 0 Å². The molecule has 0 radical (unpaired) electrons. The summed E-state index contributed by atoms with van der Waals surface area (Å²) in [6.07, 6.45) is 4.22. The Morgan fingerprint density at radius 2 is 1.82 bits per heavy atom. The molecular weight excluding hydrogens is 314 g/mol. The summed E-state index contributed by atoms with van der Waals surface area (Å²) in [5.74, 6) is 1.75. The Hall–Kier alpha value is -1.92. The molecule has 6 heteroatoms. The maximum absolute atomic E-state index is 12.2. The van der Waals surface area contributed by atoms with Crippen LogP contribution in [0.25, 0.3) is 10.8 Å². The van der Waals surface area contributed by atoms with Gasteiger partial charge < -0.3 is 0 Å². The molecule has 3 rings (SSSR count). The topological polar surface area (TPSA) is 55.7 Å². The van der Waals surface area contributed by atoms with E-state index in [1.54, 1.807) is 18.5 Å². The number of thiazole rings is 1. The smallest absolute Gasteiger partial charge is 0.188 e. The number of aryl methyl sites for hydroxylation is 1. The molecule has 0 saturated heterocycles. The first-order valence-corrected chi connectivity index (χ1v) is 9.29. The minimum atomic E-state index is -0.911. The summed E-state index contributed by atoms with van der Waals surface area (Å²) in [6, 6.07) is 11.9. The van der Waals surface area contributed by atoms with Crippen LogP contribution in [-0.4, -0.2) is 24.9 Å². The SMILES string of the molecule is O=[S@](CCc1ccccc1)Cc1csc(-c2ncccn2)n1. The van der Waals surface area contributed by atoms with Gasteiger partial charge in [0.15, 0.2) is 10.8 Å². The summed E-state index contributed by atoms with van der Waals surface area (Å²) >= 11 is 1.49. The van der Waals surface area contributed by atoms with Crippen LogP contribution in [0.2, 0.25) is 0 Å². The number of rotatable bonds is 6. The highest BCUT2D eigenvalue weighted by Gasteiger charge is 2.09. The highest BCUT2D eigenvalue weighted by atomic mass is 32.2. The van der Waals surface area contributed by atoms with E-state index in [4.69, 9.17) is 0 Å². The van der Waals surface area contributed by atoms with Crippen LogP contribution in [0.1, 0.15) is 11.3 Å². The molecule has 0 N–H and O–H groups in total. The Labute approximate surface area is 135 Å². The molecule has 3 aromatic rings. The third-order valence-electron chi connectivity index (χ3n) is 3.08. The Morgan fingerprint density at radius 1 is 1.05 bits per heavy atom. The van der Waals surface area contributed by atoms with E-state index in [0.29, 0.717) is 17.3 Å². The van der Waals surface area contributed by atoms with Crippen LogP contribution >= 0.6 is 11.3 Å². The van der Waals surface area contributed by atoms with Gasteiger partial charge in [-0.15, -0.1) is 11.3 Å². The lowest BCUT2D eigenvalue weighted by Crippen LogP contribution is -2.04. The summed E-state index contributed by atoms with van der Waals surface area (Å²) in [5, 5.41) is 2.71. The van der Waals surface area contributed by atoms with Gasteiger partial charge in [-0.25, -0.2) is 15.0 Å². The van der Waals surface area contributed by atoms with E-state index < -0.39 is 10.8 Å². The average Bonchev–Trinajstić information content (AvgIpc) is 3.03. The lowest BCUT2D eigenvalue weighted by Gasteiger charge is -2.01. The molecule has 0 bridgehead atoms. The number of hydrogen-bond acceptors (Lipinski definition) is 5. The van der Waals surface area contributed by atoms with Crippen LogP contribution < -0.4 is 0 Å². The highest BCUT2D eigenvalue weighted by molar-refractivity contribution is 7.84. The van der Waals surface area contributed by atoms with Crippen molar-refractivity contribution in [1.29, 1.82) is 0 Å². The van der Waals surface area contributed by atoms with E-state index in [-0.39, 0.29) is 0 Å². The van der Waals surface area contributed by atoms with Gasteiger partial charge in [-0.05, 0) is 18.1 Å². The zero-order valence-electron chi connectivity index (χ0n) is 11.9. The molecule has 0 unspecified atom stereocenters. The fourth-order valence-electron chi connectivity index (χ4n) is 2.00. The predicted molar refractivity (Wildman–Crippen MR) is 90.0 cm³/mol. The minimum absolute atomic E-state index is 0.482. The molecule has 1 aromatic carbocycles. The molecule has 2 aromatic heterocycles. The third kappa shape index (κ3) is 4.05. The van der Waals surface area contributed by atoms with Crippen LogP contribution in [0.15, 0.2) is 54.2 Å². The summed E-state index contributed by atoms with van der Waals surface area (Å²) in [5.41, 5.74) is 2.06. The van der Waals surface area contributed by atoms with Gasteiger partial charge in [0.05, 0.1) is 11.4 Å². The number of hydrogen-bond donors (Lipinski definition) is 0. The van der Waals surface area contributed by atoms with Gasteiger partial charge in [0.2, 0.25) is 0 Å². The molecule has 0 amide bonds. The van der Waals surface area contributed by atoms with Crippen molar-refractivity contribution in [3.8, 4) is 10.8 Å². The molecule has 22 heavy (non-hydrogen) atoms. The van der Waals surface area contributed by atoms with Crippen molar-refractivity contribution in [2.24, 2.45) is 0 Å². The monoisotopic (exact) mass is 329 g/mol. The van der Waals surface area contributed by atoms with Crippen molar-refractivity contribution in [3.63, 3.8) is 0 Å². The van der Waals surface area contributed by atoms with Crippen molar-refractivity contribution in [2.75, 3.05) is 5.75 Å². The lowest BCUT2D eigenvalue weighted by molar-refractivity contribution is 0.681. The second kappa shape index (κ2) is 7.38. The van der Waals surface area contributed by atoms with Crippen molar-refractivity contribution in [3.05, 3.63) is 65.4 Å². The predicted octanol–water partition coefficient (Wildman–Crippen LogP) is 3.09. The third-order valence-corrected chi connectivity index (χ3v) is 5.24. The molecular formula is C16H15N3OS2. The molecule has 0 fully saturated rings. The van der Waals surface area contributed by atoms with Crippen LogP contribution in [-0.2, 0) is 23.0 Å². The summed E-state index contributed by atoms with van der Waals surface area (Å²) in [4.78, 5) is 12.8. The van der Waals surface area contributed by atoms with Gasteiger partial charge >= 0.3 is 0 Å².